The van der Waals surface area contributed by atoms with Crippen LogP contribution in [-0.2, 0) is 0 Å². The lowest BCUT2D eigenvalue weighted by Gasteiger charge is -1.98. The normalized spacial score (nSPS) is 20.3. The van der Waals surface area contributed by atoms with Gasteiger partial charge in [-0.1, -0.05) is 4.48 Å². The minimum absolute atomic E-state index is 0.190. The molecule has 0 spiro atoms. The molecule has 0 saturated heterocycles. The Morgan fingerprint density at radius 3 is 2.71 bits per heavy atom. The van der Waals surface area contributed by atoms with E-state index in [9.17, 15) is 8.87 Å². The average Bonchev–Trinajstić information content (AvgIpc) is 1.91. The molecular weight excluding hydrogens is 122 g/mol. The second-order valence-corrected chi connectivity index (χ2v) is 1.58. The Balaban J connectivity index is 2.54. The van der Waals surface area contributed by atoms with Crippen molar-refractivity contribution in [3.63, 3.8) is 0 Å². The lowest BCUT2D eigenvalue weighted by molar-refractivity contribution is 0.0218. The topological polar surface area (TPSA) is 15.3 Å². The van der Waals surface area contributed by atoms with E-state index < -0.39 is 5.95 Å². The van der Waals surface area contributed by atoms with Crippen molar-refractivity contribution in [2.75, 3.05) is 0 Å². The molecule has 0 aromatic carbocycles. The fourth-order valence-electron chi connectivity index (χ4n) is 0.211. The number of hydrogen-bond donors (Lipinski definition) is 1. The third-order valence-electron chi connectivity index (χ3n) is 0.477. The highest BCUT2D eigenvalue weighted by Gasteiger charge is 2.12. The van der Waals surface area contributed by atoms with Crippen LogP contribution in [0.4, 0.5) is 8.87 Å². The molecule has 1 N–H and O–H groups in total. The van der Waals surface area contributed by atoms with Crippen LogP contribution in [0.25, 0.3) is 0 Å². The Morgan fingerprint density at radius 1 is 1.86 bits per heavy atom. The minimum Gasteiger partial charge on any atom is -0.182 e. The maximum atomic E-state index is 11.6. The highest BCUT2D eigenvalue weighted by molar-refractivity contribution is 8.00. The molecule has 0 fully saturated rings. The van der Waals surface area contributed by atoms with Gasteiger partial charge in [0.05, 0.1) is 0 Å². The highest BCUT2D eigenvalue weighted by atomic mass is 32.2. The summed E-state index contributed by atoms with van der Waals surface area (Å²) >= 11 is 0.854. The number of nitrogens with one attached hydrogen (secondary N) is 1. The van der Waals surface area contributed by atoms with E-state index in [0.717, 1.165) is 17.4 Å². The van der Waals surface area contributed by atoms with Crippen LogP contribution in [0.2, 0.25) is 0 Å². The number of rotatable bonds is 0. The van der Waals surface area contributed by atoms with Crippen molar-refractivity contribution in [2.45, 2.75) is 0 Å². The monoisotopic (exact) mass is 124 g/mol. The molecule has 1 aliphatic heterocycles. The van der Waals surface area contributed by atoms with Crippen molar-refractivity contribution in [1.82, 2.24) is 10.1 Å². The van der Waals surface area contributed by atoms with Crippen LogP contribution in [0.3, 0.4) is 0 Å². The SMILES string of the molecule is FC1=CSNN1F. The molecule has 0 aliphatic carbocycles. The van der Waals surface area contributed by atoms with Gasteiger partial charge in [-0.15, -0.1) is 10.1 Å². The molecule has 1 heterocycles. The molecule has 0 amide bonds. The summed E-state index contributed by atoms with van der Waals surface area (Å²) in [4.78, 5) is 1.98. The van der Waals surface area contributed by atoms with Gasteiger partial charge in [0.1, 0.15) is 0 Å². The van der Waals surface area contributed by atoms with Gasteiger partial charge in [-0.2, -0.15) is 4.39 Å². The predicted octanol–water partition coefficient (Wildman–Crippen LogP) is 1.11. The van der Waals surface area contributed by atoms with Crippen LogP contribution in [0.15, 0.2) is 11.4 Å². The molecule has 7 heavy (non-hydrogen) atoms. The van der Waals surface area contributed by atoms with Gasteiger partial charge in [0.2, 0.25) is 5.95 Å². The Morgan fingerprint density at radius 2 is 2.57 bits per heavy atom. The van der Waals surface area contributed by atoms with Crippen molar-refractivity contribution in [3.05, 3.63) is 11.4 Å². The molecule has 0 aromatic heterocycles. The Kier molecular flexibility index (Phi) is 1.16. The van der Waals surface area contributed by atoms with Crippen LogP contribution < -0.4 is 4.83 Å². The molecule has 40 valence electrons. The van der Waals surface area contributed by atoms with Gasteiger partial charge in [0.25, 0.3) is 0 Å². The quantitative estimate of drug-likeness (QED) is 0.296. The molecule has 5 heteroatoms. The molecule has 0 saturated carbocycles. The van der Waals surface area contributed by atoms with Crippen LogP contribution in [-0.4, -0.2) is 5.23 Å². The molecule has 0 unspecified atom stereocenters. The number of hydrogen-bond acceptors (Lipinski definition) is 3. The van der Waals surface area contributed by atoms with Gasteiger partial charge in [0, 0.05) is 5.41 Å². The molecule has 1 rings (SSSR count). The van der Waals surface area contributed by atoms with E-state index in [0.29, 0.717) is 0 Å². The van der Waals surface area contributed by atoms with Gasteiger partial charge >= 0.3 is 0 Å². The third kappa shape index (κ3) is 0.834. The van der Waals surface area contributed by atoms with E-state index in [1.807, 2.05) is 4.83 Å². The third-order valence-corrected chi connectivity index (χ3v) is 1.05. The van der Waals surface area contributed by atoms with Gasteiger partial charge in [-0.3, -0.25) is 0 Å². The lowest BCUT2D eigenvalue weighted by atomic mass is 11.0. The van der Waals surface area contributed by atoms with E-state index in [-0.39, 0.29) is 5.23 Å². The Bertz CT molecular complexity index is 104. The zero-order chi connectivity index (χ0) is 5.28. The molecule has 0 bridgehead atoms. The lowest BCUT2D eigenvalue weighted by Crippen LogP contribution is -2.15. The van der Waals surface area contributed by atoms with Gasteiger partial charge in [-0.25, -0.2) is 0 Å². The zero-order valence-electron chi connectivity index (χ0n) is 3.19. The van der Waals surface area contributed by atoms with E-state index in [4.69, 9.17) is 0 Å². The molecule has 0 atom stereocenters. The van der Waals surface area contributed by atoms with Crippen molar-refractivity contribution in [2.24, 2.45) is 0 Å². The predicted molar refractivity (Wildman–Crippen MR) is 22.9 cm³/mol. The van der Waals surface area contributed by atoms with E-state index in [1.165, 1.54) is 0 Å². The second kappa shape index (κ2) is 1.67. The van der Waals surface area contributed by atoms with Crippen molar-refractivity contribution in [1.29, 1.82) is 0 Å². The van der Waals surface area contributed by atoms with Crippen molar-refractivity contribution < 1.29 is 8.87 Å². The maximum absolute atomic E-state index is 11.6. The molecule has 2 nitrogen and oxygen atoms in total. The standard InChI is InChI=1S/C2H2F2N2S/c3-2-1-7-5-6(2)4/h1,5H. The van der Waals surface area contributed by atoms with Gasteiger partial charge in [-0.05, 0) is 11.9 Å². The van der Waals surface area contributed by atoms with Crippen LogP contribution in [0.1, 0.15) is 0 Å². The van der Waals surface area contributed by atoms with Crippen molar-refractivity contribution in [3.8, 4) is 0 Å². The second-order valence-electron chi connectivity index (χ2n) is 0.931. The fourth-order valence-corrected chi connectivity index (χ4v) is 0.633. The van der Waals surface area contributed by atoms with Gasteiger partial charge in [0.15, 0.2) is 0 Å². The smallest absolute Gasteiger partial charge is 0.182 e. The number of halogens is 2. The summed E-state index contributed by atoms with van der Waals surface area (Å²) in [5.74, 6) is -0.898. The summed E-state index contributed by atoms with van der Waals surface area (Å²) in [6, 6.07) is 0. The van der Waals surface area contributed by atoms with E-state index >= 15 is 0 Å². The first-order valence-corrected chi connectivity index (χ1v) is 2.41. The van der Waals surface area contributed by atoms with E-state index in [1.54, 1.807) is 0 Å². The summed E-state index contributed by atoms with van der Waals surface area (Å²) in [6.07, 6.45) is 0. The Labute approximate surface area is 43.2 Å². The molecule has 0 aromatic rings. The van der Waals surface area contributed by atoms with Crippen LogP contribution in [0.5, 0.6) is 0 Å². The highest BCUT2D eigenvalue weighted by Crippen LogP contribution is 2.17. The number of hydrazine groups is 1. The largest absolute Gasteiger partial charge is 0.243 e. The fraction of sp³-hybridized carbons (Fsp3) is 0. The first-order valence-electron chi connectivity index (χ1n) is 1.53. The molecule has 1 aliphatic rings. The average molecular weight is 124 g/mol. The summed E-state index contributed by atoms with van der Waals surface area (Å²) in [5, 5.41) is 0.838. The summed E-state index contributed by atoms with van der Waals surface area (Å²) in [5.41, 5.74) is 0. The van der Waals surface area contributed by atoms with E-state index in [2.05, 4.69) is 0 Å². The molecule has 0 radical (unpaired) electrons. The minimum atomic E-state index is -0.898. The number of nitrogens with zero attached hydrogens (tertiary/aromatic N) is 1. The first-order chi connectivity index (χ1) is 3.30. The van der Waals surface area contributed by atoms with Gasteiger partial charge < -0.3 is 0 Å². The summed E-state index contributed by atoms with van der Waals surface area (Å²) in [7, 11) is 0. The maximum Gasteiger partial charge on any atom is 0.243 e. The molecular formula is C2H2F2N2S. The Hall–Kier alpha value is -0.290. The first kappa shape index (κ1) is 4.86. The zero-order valence-corrected chi connectivity index (χ0v) is 4.01. The van der Waals surface area contributed by atoms with Crippen LogP contribution >= 0.6 is 11.9 Å². The van der Waals surface area contributed by atoms with Crippen LogP contribution in [0, 0.1) is 0 Å². The summed E-state index contributed by atoms with van der Waals surface area (Å²) < 4.78 is 23.2. The summed E-state index contributed by atoms with van der Waals surface area (Å²) in [6.45, 7) is 0. The van der Waals surface area contributed by atoms with Crippen molar-refractivity contribution >= 4 is 11.9 Å².